The Bertz CT molecular complexity index is 990. The van der Waals surface area contributed by atoms with Gasteiger partial charge in [-0.05, 0) is 49.6 Å². The minimum absolute atomic E-state index is 0.0561. The highest BCUT2D eigenvalue weighted by molar-refractivity contribution is 6.42. The second-order valence-electron chi connectivity index (χ2n) is 7.32. The zero-order valence-electron chi connectivity index (χ0n) is 17.2. The van der Waals surface area contributed by atoms with Crippen molar-refractivity contribution in [1.82, 2.24) is 10.2 Å². The largest absolute Gasteiger partial charge is 0.503 e. The van der Waals surface area contributed by atoms with Crippen LogP contribution >= 0.6 is 23.2 Å². The van der Waals surface area contributed by atoms with Gasteiger partial charge in [0.15, 0.2) is 5.76 Å². The molecule has 1 heterocycles. The molecule has 8 heteroatoms. The highest BCUT2D eigenvalue weighted by Crippen LogP contribution is 2.23. The zero-order valence-corrected chi connectivity index (χ0v) is 18.7. The summed E-state index contributed by atoms with van der Waals surface area (Å²) in [5.74, 6) is -0.804. The minimum Gasteiger partial charge on any atom is -0.503 e. The topological polar surface area (TPSA) is 78.9 Å². The molecule has 2 amide bonds. The second-order valence-corrected chi connectivity index (χ2v) is 8.14. The van der Waals surface area contributed by atoms with E-state index in [-0.39, 0.29) is 25.3 Å². The van der Waals surface area contributed by atoms with Crippen LogP contribution in [-0.2, 0) is 16.0 Å². The number of halogens is 2. The molecule has 2 N–H and O–H groups in total. The highest BCUT2D eigenvalue weighted by Gasteiger charge is 2.33. The molecule has 0 saturated heterocycles. The lowest BCUT2D eigenvalue weighted by molar-refractivity contribution is -0.128. The highest BCUT2D eigenvalue weighted by atomic mass is 35.5. The van der Waals surface area contributed by atoms with Crippen molar-refractivity contribution in [3.05, 3.63) is 75.0 Å². The molecular formula is C23H24Cl2N2O4. The number of aliphatic hydroxyl groups is 1. The van der Waals surface area contributed by atoms with Gasteiger partial charge in [-0.2, -0.15) is 0 Å². The lowest BCUT2D eigenvalue weighted by Gasteiger charge is -2.16. The Balaban J connectivity index is 1.42. The van der Waals surface area contributed by atoms with Crippen LogP contribution in [0.25, 0.3) is 0 Å². The molecule has 0 atom stereocenters. The first-order valence-corrected chi connectivity index (χ1v) is 10.7. The number of ether oxygens (including phenoxy) is 1. The predicted octanol–water partition coefficient (Wildman–Crippen LogP) is 4.08. The number of nitrogens with one attached hydrogen (secondary N) is 1. The van der Waals surface area contributed by atoms with E-state index in [0.717, 1.165) is 11.1 Å². The fraction of sp³-hybridized carbons (Fsp3) is 0.304. The lowest BCUT2D eigenvalue weighted by atomic mass is 10.1. The molecule has 2 aromatic rings. The number of carbonyl (C=O) groups is 2. The van der Waals surface area contributed by atoms with Crippen molar-refractivity contribution in [2.24, 2.45) is 0 Å². The van der Waals surface area contributed by atoms with E-state index in [1.54, 1.807) is 12.1 Å². The number of carbonyl (C=O) groups excluding carboxylic acids is 2. The normalized spacial score (nSPS) is 13.6. The molecule has 1 aliphatic rings. The summed E-state index contributed by atoms with van der Waals surface area (Å²) in [6.07, 6.45) is 1.39. The Kier molecular flexibility index (Phi) is 7.82. The van der Waals surface area contributed by atoms with Gasteiger partial charge in [0.1, 0.15) is 12.4 Å². The molecule has 6 nitrogen and oxygen atoms in total. The van der Waals surface area contributed by atoms with E-state index in [9.17, 15) is 14.7 Å². The smallest absolute Gasteiger partial charge is 0.289 e. The van der Waals surface area contributed by atoms with Gasteiger partial charge < -0.3 is 20.1 Å². The maximum atomic E-state index is 12.4. The number of aliphatic hydroxyl groups excluding tert-OH is 1. The summed E-state index contributed by atoms with van der Waals surface area (Å²) in [5.41, 5.74) is 2.22. The first-order valence-electron chi connectivity index (χ1n) is 9.98. The van der Waals surface area contributed by atoms with Crippen molar-refractivity contribution in [2.45, 2.75) is 19.8 Å². The summed E-state index contributed by atoms with van der Waals surface area (Å²) >= 11 is 11.9. The molecule has 0 saturated carbocycles. The van der Waals surface area contributed by atoms with Gasteiger partial charge in [-0.15, -0.1) is 0 Å². The van der Waals surface area contributed by atoms with E-state index in [1.165, 1.54) is 4.90 Å². The summed E-state index contributed by atoms with van der Waals surface area (Å²) in [7, 11) is 0. The van der Waals surface area contributed by atoms with E-state index < -0.39 is 17.6 Å². The van der Waals surface area contributed by atoms with Crippen LogP contribution in [0.5, 0.6) is 5.75 Å². The minimum atomic E-state index is -0.562. The summed E-state index contributed by atoms with van der Waals surface area (Å²) in [5, 5.41) is 13.8. The van der Waals surface area contributed by atoms with Gasteiger partial charge in [-0.25, -0.2) is 0 Å². The van der Waals surface area contributed by atoms with Gasteiger partial charge >= 0.3 is 0 Å². The third kappa shape index (κ3) is 6.15. The van der Waals surface area contributed by atoms with Crippen molar-refractivity contribution in [1.29, 1.82) is 0 Å². The fourth-order valence-corrected chi connectivity index (χ4v) is 3.50. The van der Waals surface area contributed by atoms with E-state index >= 15 is 0 Å². The van der Waals surface area contributed by atoms with Gasteiger partial charge in [0.05, 0.1) is 28.7 Å². The van der Waals surface area contributed by atoms with Crippen molar-refractivity contribution in [2.75, 3.05) is 26.2 Å². The maximum Gasteiger partial charge on any atom is 0.289 e. The van der Waals surface area contributed by atoms with Crippen LogP contribution in [0, 0.1) is 6.92 Å². The molecule has 164 valence electrons. The SMILES string of the molecule is Cc1ccc(OCCN2CC(C(=O)NCCCc3ccc(Cl)c(Cl)c3)=C(O)C2=O)cc1. The third-order valence-electron chi connectivity index (χ3n) is 4.96. The number of amides is 2. The predicted molar refractivity (Wildman–Crippen MR) is 121 cm³/mol. The van der Waals surface area contributed by atoms with Crippen LogP contribution in [-0.4, -0.2) is 48.1 Å². The van der Waals surface area contributed by atoms with E-state index in [1.807, 2.05) is 37.3 Å². The lowest BCUT2D eigenvalue weighted by Crippen LogP contribution is -2.33. The molecule has 0 unspecified atom stereocenters. The van der Waals surface area contributed by atoms with Crippen LogP contribution < -0.4 is 10.1 Å². The summed E-state index contributed by atoms with van der Waals surface area (Å²) in [4.78, 5) is 26.0. The number of aryl methyl sites for hydroxylation is 2. The van der Waals surface area contributed by atoms with Crippen molar-refractivity contribution < 1.29 is 19.4 Å². The molecule has 0 fully saturated rings. The molecule has 0 aromatic heterocycles. The van der Waals surface area contributed by atoms with Crippen molar-refractivity contribution in [3.8, 4) is 5.75 Å². The van der Waals surface area contributed by atoms with Crippen LogP contribution in [0.15, 0.2) is 53.8 Å². The number of benzene rings is 2. The average molecular weight is 463 g/mol. The number of hydrogen-bond acceptors (Lipinski definition) is 4. The van der Waals surface area contributed by atoms with Crippen LogP contribution in [0.3, 0.4) is 0 Å². The molecule has 0 bridgehead atoms. The Morgan fingerprint density at radius 1 is 1.16 bits per heavy atom. The number of rotatable bonds is 9. The first kappa shape index (κ1) is 23.0. The molecule has 0 spiro atoms. The van der Waals surface area contributed by atoms with Gasteiger partial charge in [0, 0.05) is 6.54 Å². The Morgan fingerprint density at radius 2 is 1.90 bits per heavy atom. The molecule has 0 radical (unpaired) electrons. The maximum absolute atomic E-state index is 12.4. The van der Waals surface area contributed by atoms with Gasteiger partial charge in [-0.3, -0.25) is 9.59 Å². The quantitative estimate of drug-likeness (QED) is 0.550. The Morgan fingerprint density at radius 3 is 2.61 bits per heavy atom. The summed E-state index contributed by atoms with van der Waals surface area (Å²) < 4.78 is 5.63. The Hall–Kier alpha value is -2.70. The molecular weight excluding hydrogens is 439 g/mol. The molecule has 2 aromatic carbocycles. The van der Waals surface area contributed by atoms with Crippen LogP contribution in [0.1, 0.15) is 17.5 Å². The molecule has 0 aliphatic carbocycles. The van der Waals surface area contributed by atoms with Crippen LogP contribution in [0.4, 0.5) is 0 Å². The van der Waals surface area contributed by atoms with Crippen molar-refractivity contribution >= 4 is 35.0 Å². The monoisotopic (exact) mass is 462 g/mol. The fourth-order valence-electron chi connectivity index (χ4n) is 3.18. The van der Waals surface area contributed by atoms with Gasteiger partial charge in [-0.1, -0.05) is 47.0 Å². The molecule has 3 rings (SSSR count). The molecule has 31 heavy (non-hydrogen) atoms. The third-order valence-corrected chi connectivity index (χ3v) is 5.70. The number of hydrogen-bond donors (Lipinski definition) is 2. The number of nitrogens with zero attached hydrogens (tertiary/aromatic N) is 1. The standard InChI is InChI=1S/C23H24Cl2N2O4/c1-15-4-7-17(8-5-15)31-12-11-27-14-18(21(28)23(27)30)22(29)26-10-2-3-16-6-9-19(24)20(25)13-16/h4-9,13,28H,2-3,10-12,14H2,1H3,(H,26,29). The Labute approximate surface area is 191 Å². The van der Waals surface area contributed by atoms with E-state index in [0.29, 0.717) is 35.2 Å². The van der Waals surface area contributed by atoms with Gasteiger partial charge in [0.25, 0.3) is 11.8 Å². The zero-order chi connectivity index (χ0) is 22.4. The second kappa shape index (κ2) is 10.6. The summed E-state index contributed by atoms with van der Waals surface area (Å²) in [6.45, 7) is 2.98. The molecule has 1 aliphatic heterocycles. The summed E-state index contributed by atoms with van der Waals surface area (Å²) in [6, 6.07) is 13.0. The van der Waals surface area contributed by atoms with E-state index in [4.69, 9.17) is 27.9 Å². The van der Waals surface area contributed by atoms with E-state index in [2.05, 4.69) is 5.32 Å². The van der Waals surface area contributed by atoms with Crippen molar-refractivity contribution in [3.63, 3.8) is 0 Å². The average Bonchev–Trinajstić information content (AvgIpc) is 3.03. The van der Waals surface area contributed by atoms with Crippen LogP contribution in [0.2, 0.25) is 10.0 Å². The van der Waals surface area contributed by atoms with Gasteiger partial charge in [0.2, 0.25) is 0 Å². The first-order chi connectivity index (χ1) is 14.8.